The molecule has 1 N–H and O–H groups in total. The third-order valence-corrected chi connectivity index (χ3v) is 5.24. The van der Waals surface area contributed by atoms with Crippen LogP contribution in [0.1, 0.15) is 30.5 Å². The molecule has 0 saturated heterocycles. The number of benzene rings is 3. The number of nitrogens with one attached hydrogen (secondary N) is 1. The summed E-state index contributed by atoms with van der Waals surface area (Å²) < 4.78 is 25.3. The number of anilines is 1. The Kier molecular flexibility index (Phi) is 8.66. The van der Waals surface area contributed by atoms with E-state index in [2.05, 4.69) is 5.32 Å². The number of hydrogen-bond acceptors (Lipinski definition) is 4. The van der Waals surface area contributed by atoms with Crippen LogP contribution in [0.15, 0.2) is 66.2 Å². The van der Waals surface area contributed by atoms with Crippen LogP contribution >= 0.6 is 11.6 Å². The molecule has 7 heteroatoms. The highest BCUT2D eigenvalue weighted by Gasteiger charge is 2.15. The molecule has 0 spiro atoms. The van der Waals surface area contributed by atoms with E-state index in [1.807, 2.05) is 19.9 Å². The Morgan fingerprint density at radius 3 is 2.44 bits per heavy atom. The van der Waals surface area contributed by atoms with Crippen LogP contribution < -0.4 is 14.8 Å². The summed E-state index contributed by atoms with van der Waals surface area (Å²) in [5, 5.41) is 12.6. The van der Waals surface area contributed by atoms with Crippen molar-refractivity contribution in [3.05, 3.63) is 93.8 Å². The van der Waals surface area contributed by atoms with Gasteiger partial charge in [0.25, 0.3) is 5.91 Å². The molecule has 0 aromatic heterocycles. The SMILES string of the molecule is CCOc1ccc(NC(=O)/C(C#N)=C/c2cc(Cl)c(Cc3ccccc3F)c(OCC)c2)cc1. The monoisotopic (exact) mass is 478 g/mol. The Balaban J connectivity index is 1.86. The van der Waals surface area contributed by atoms with Crippen LogP contribution in [0.4, 0.5) is 10.1 Å². The standard InChI is InChI=1S/C27H24ClFN2O3/c1-3-33-22-11-9-21(10-12-22)31-27(32)20(17-30)13-18-14-24(28)23(26(15-18)34-4-2)16-19-7-5-6-8-25(19)29/h5-15H,3-4,16H2,1-2H3,(H,31,32)/b20-13+. The highest BCUT2D eigenvalue weighted by Crippen LogP contribution is 2.32. The van der Waals surface area contributed by atoms with Gasteiger partial charge in [0.2, 0.25) is 0 Å². The number of nitriles is 1. The average Bonchev–Trinajstić information content (AvgIpc) is 2.82. The molecule has 0 radical (unpaired) electrons. The van der Waals surface area contributed by atoms with E-state index in [1.165, 1.54) is 12.1 Å². The molecule has 0 bridgehead atoms. The molecule has 0 aliphatic heterocycles. The van der Waals surface area contributed by atoms with Crippen molar-refractivity contribution in [3.63, 3.8) is 0 Å². The average molecular weight is 479 g/mol. The van der Waals surface area contributed by atoms with E-state index in [-0.39, 0.29) is 17.8 Å². The molecule has 3 rings (SSSR count). The summed E-state index contributed by atoms with van der Waals surface area (Å²) in [6, 6.07) is 18.6. The number of hydrogen-bond donors (Lipinski definition) is 1. The molecule has 0 aliphatic carbocycles. The Morgan fingerprint density at radius 1 is 1.09 bits per heavy atom. The minimum atomic E-state index is -0.559. The molecule has 1 amide bonds. The van der Waals surface area contributed by atoms with Gasteiger partial charge in [-0.25, -0.2) is 4.39 Å². The molecule has 0 fully saturated rings. The van der Waals surface area contributed by atoms with Crippen molar-refractivity contribution in [1.82, 2.24) is 0 Å². The Bertz CT molecular complexity index is 1230. The summed E-state index contributed by atoms with van der Waals surface area (Å²) in [7, 11) is 0. The van der Waals surface area contributed by atoms with Gasteiger partial charge >= 0.3 is 0 Å². The largest absolute Gasteiger partial charge is 0.494 e. The van der Waals surface area contributed by atoms with E-state index in [9.17, 15) is 14.4 Å². The van der Waals surface area contributed by atoms with Gasteiger partial charge in [-0.3, -0.25) is 4.79 Å². The van der Waals surface area contributed by atoms with Gasteiger partial charge in [0.05, 0.1) is 13.2 Å². The summed E-state index contributed by atoms with van der Waals surface area (Å²) in [5.74, 6) is 0.262. The Hall–Kier alpha value is -3.82. The lowest BCUT2D eigenvalue weighted by atomic mass is 10.0. The van der Waals surface area contributed by atoms with Crippen molar-refractivity contribution < 1.29 is 18.7 Å². The fourth-order valence-electron chi connectivity index (χ4n) is 3.32. The fraction of sp³-hybridized carbons (Fsp3) is 0.185. The predicted octanol–water partition coefficient (Wildman–Crippen LogP) is 6.41. The second-order valence-electron chi connectivity index (χ2n) is 7.26. The first kappa shape index (κ1) is 24.8. The molecule has 34 heavy (non-hydrogen) atoms. The zero-order chi connectivity index (χ0) is 24.5. The number of halogens is 2. The van der Waals surface area contributed by atoms with Crippen LogP contribution in [0.5, 0.6) is 11.5 Å². The predicted molar refractivity (Wildman–Crippen MR) is 132 cm³/mol. The number of carbonyl (C=O) groups is 1. The molecular formula is C27H24ClFN2O3. The summed E-state index contributed by atoms with van der Waals surface area (Å²) in [5.41, 5.74) is 2.06. The Morgan fingerprint density at radius 2 is 1.79 bits per heavy atom. The molecule has 0 atom stereocenters. The number of carbonyl (C=O) groups excluding carboxylic acids is 1. The molecular weight excluding hydrogens is 455 g/mol. The minimum absolute atomic E-state index is 0.103. The van der Waals surface area contributed by atoms with E-state index in [0.29, 0.717) is 52.1 Å². The quantitative estimate of drug-likeness (QED) is 0.285. The zero-order valence-electron chi connectivity index (χ0n) is 18.9. The molecule has 3 aromatic rings. The van der Waals surface area contributed by atoms with Gasteiger partial charge in [-0.15, -0.1) is 0 Å². The van der Waals surface area contributed by atoms with Crippen LogP contribution in [0.2, 0.25) is 5.02 Å². The number of amides is 1. The molecule has 174 valence electrons. The van der Waals surface area contributed by atoms with Crippen LogP contribution in [-0.4, -0.2) is 19.1 Å². The van der Waals surface area contributed by atoms with Crippen molar-refractivity contribution in [2.24, 2.45) is 0 Å². The maximum Gasteiger partial charge on any atom is 0.266 e. The lowest BCUT2D eigenvalue weighted by molar-refractivity contribution is -0.112. The van der Waals surface area contributed by atoms with Crippen molar-refractivity contribution >= 4 is 29.3 Å². The lowest BCUT2D eigenvalue weighted by Gasteiger charge is -2.14. The number of nitrogens with zero attached hydrogens (tertiary/aromatic N) is 1. The summed E-state index contributed by atoms with van der Waals surface area (Å²) in [6.07, 6.45) is 1.68. The Labute approximate surface area is 203 Å². The van der Waals surface area contributed by atoms with Crippen molar-refractivity contribution in [2.45, 2.75) is 20.3 Å². The van der Waals surface area contributed by atoms with Crippen LogP contribution in [-0.2, 0) is 11.2 Å². The first-order valence-electron chi connectivity index (χ1n) is 10.8. The number of ether oxygens (including phenoxy) is 2. The van der Waals surface area contributed by atoms with E-state index >= 15 is 0 Å². The molecule has 0 heterocycles. The topological polar surface area (TPSA) is 71.3 Å². The third-order valence-electron chi connectivity index (χ3n) is 4.90. The fourth-order valence-corrected chi connectivity index (χ4v) is 3.60. The first-order chi connectivity index (χ1) is 16.4. The highest BCUT2D eigenvalue weighted by atomic mass is 35.5. The van der Waals surface area contributed by atoms with Gasteiger partial charge in [0.1, 0.15) is 29.0 Å². The van der Waals surface area contributed by atoms with Gasteiger partial charge < -0.3 is 14.8 Å². The molecule has 0 unspecified atom stereocenters. The van der Waals surface area contributed by atoms with Gasteiger partial charge in [-0.05, 0) is 73.5 Å². The zero-order valence-corrected chi connectivity index (χ0v) is 19.7. The van der Waals surface area contributed by atoms with Gasteiger partial charge in [0, 0.05) is 22.7 Å². The van der Waals surface area contributed by atoms with Gasteiger partial charge in [0.15, 0.2) is 0 Å². The lowest BCUT2D eigenvalue weighted by Crippen LogP contribution is -2.13. The van der Waals surface area contributed by atoms with Crippen LogP contribution in [0.25, 0.3) is 6.08 Å². The number of rotatable bonds is 9. The second kappa shape index (κ2) is 11.9. The van der Waals surface area contributed by atoms with E-state index in [1.54, 1.807) is 54.6 Å². The van der Waals surface area contributed by atoms with Crippen molar-refractivity contribution in [3.8, 4) is 17.6 Å². The van der Waals surface area contributed by atoms with Crippen molar-refractivity contribution in [1.29, 1.82) is 5.26 Å². The molecule has 5 nitrogen and oxygen atoms in total. The maximum absolute atomic E-state index is 14.2. The molecule has 3 aromatic carbocycles. The third kappa shape index (κ3) is 6.37. The molecule has 0 saturated carbocycles. The van der Waals surface area contributed by atoms with Crippen LogP contribution in [0, 0.1) is 17.1 Å². The maximum atomic E-state index is 14.2. The smallest absolute Gasteiger partial charge is 0.266 e. The van der Waals surface area contributed by atoms with Crippen molar-refractivity contribution in [2.75, 3.05) is 18.5 Å². The van der Waals surface area contributed by atoms with E-state index in [4.69, 9.17) is 21.1 Å². The van der Waals surface area contributed by atoms with Gasteiger partial charge in [-0.2, -0.15) is 5.26 Å². The van der Waals surface area contributed by atoms with E-state index < -0.39 is 5.91 Å². The summed E-state index contributed by atoms with van der Waals surface area (Å²) in [6.45, 7) is 4.62. The van der Waals surface area contributed by atoms with Crippen LogP contribution in [0.3, 0.4) is 0 Å². The second-order valence-corrected chi connectivity index (χ2v) is 7.67. The van der Waals surface area contributed by atoms with Gasteiger partial charge in [-0.1, -0.05) is 29.8 Å². The summed E-state index contributed by atoms with van der Waals surface area (Å²) in [4.78, 5) is 12.7. The highest BCUT2D eigenvalue weighted by molar-refractivity contribution is 6.31. The first-order valence-corrected chi connectivity index (χ1v) is 11.2. The minimum Gasteiger partial charge on any atom is -0.494 e. The normalized spacial score (nSPS) is 11.0. The molecule has 0 aliphatic rings. The summed E-state index contributed by atoms with van der Waals surface area (Å²) >= 11 is 6.52. The van der Waals surface area contributed by atoms with E-state index in [0.717, 1.165) is 0 Å².